The zero-order valence-corrected chi connectivity index (χ0v) is 8.83. The van der Waals surface area contributed by atoms with E-state index in [1.165, 1.54) is 0 Å². The third kappa shape index (κ3) is 3.47. The number of H-pyrrole nitrogens is 1. The first-order valence-corrected chi connectivity index (χ1v) is 5.07. The summed E-state index contributed by atoms with van der Waals surface area (Å²) in [6.07, 6.45) is 2.60. The maximum absolute atomic E-state index is 8.74. The van der Waals surface area contributed by atoms with Crippen molar-refractivity contribution in [2.75, 3.05) is 13.2 Å². The predicted octanol–water partition coefficient (Wildman–Crippen LogP) is 1.08. The van der Waals surface area contributed by atoms with Gasteiger partial charge in [0.15, 0.2) is 0 Å². The van der Waals surface area contributed by atoms with Crippen molar-refractivity contribution in [2.45, 2.75) is 26.3 Å². The van der Waals surface area contributed by atoms with E-state index < -0.39 is 0 Å². The monoisotopic (exact) mass is 197 g/mol. The normalized spacial score (nSPS) is 15.4. The topological polar surface area (TPSA) is 60.9 Å². The zero-order chi connectivity index (χ0) is 10.4. The fraction of sp³-hybridized carbons (Fsp3) is 0.700. The molecule has 0 amide bonds. The molecule has 2 atom stereocenters. The second-order valence-corrected chi connectivity index (χ2v) is 3.76. The Morgan fingerprint density at radius 2 is 2.36 bits per heavy atom. The van der Waals surface area contributed by atoms with Gasteiger partial charge in [0.25, 0.3) is 0 Å². The summed E-state index contributed by atoms with van der Waals surface area (Å²) < 4.78 is 0. The number of aliphatic hydroxyl groups is 1. The van der Waals surface area contributed by atoms with Crippen molar-refractivity contribution in [2.24, 2.45) is 5.92 Å². The number of hydrogen-bond donors (Lipinski definition) is 3. The van der Waals surface area contributed by atoms with E-state index in [0.29, 0.717) is 12.0 Å². The number of nitrogens with one attached hydrogen (secondary N) is 2. The molecular formula is C10H19N3O. The van der Waals surface area contributed by atoms with Crippen molar-refractivity contribution in [1.29, 1.82) is 0 Å². The summed E-state index contributed by atoms with van der Waals surface area (Å²) in [5.41, 5.74) is 1.10. The number of nitrogens with zero attached hydrogens (tertiary/aromatic N) is 1. The molecule has 0 aliphatic rings. The van der Waals surface area contributed by atoms with Crippen molar-refractivity contribution in [1.82, 2.24) is 15.5 Å². The van der Waals surface area contributed by atoms with Crippen LogP contribution < -0.4 is 5.32 Å². The Kier molecular flexibility index (Phi) is 4.62. The lowest BCUT2D eigenvalue weighted by Crippen LogP contribution is -2.25. The first kappa shape index (κ1) is 11.2. The van der Waals surface area contributed by atoms with Crippen LogP contribution in [0.3, 0.4) is 0 Å². The number of aromatic nitrogens is 2. The third-order valence-corrected chi connectivity index (χ3v) is 2.38. The molecule has 1 aromatic heterocycles. The molecule has 3 N–H and O–H groups in total. The molecule has 14 heavy (non-hydrogen) atoms. The molecule has 0 spiro atoms. The van der Waals surface area contributed by atoms with Crippen molar-refractivity contribution in [3.05, 3.63) is 18.0 Å². The molecule has 0 aliphatic carbocycles. The highest BCUT2D eigenvalue weighted by molar-refractivity contribution is 5.02. The molecular weight excluding hydrogens is 178 g/mol. The van der Waals surface area contributed by atoms with Gasteiger partial charge in [-0.05, 0) is 31.9 Å². The van der Waals surface area contributed by atoms with Crippen molar-refractivity contribution < 1.29 is 5.11 Å². The van der Waals surface area contributed by atoms with Crippen LogP contribution in [0.1, 0.15) is 32.0 Å². The number of rotatable bonds is 6. The summed E-state index contributed by atoms with van der Waals surface area (Å²) in [5, 5.41) is 19.0. The minimum Gasteiger partial charge on any atom is -0.396 e. The zero-order valence-electron chi connectivity index (χ0n) is 8.83. The van der Waals surface area contributed by atoms with E-state index in [2.05, 4.69) is 29.4 Å². The van der Waals surface area contributed by atoms with E-state index in [1.54, 1.807) is 6.20 Å². The maximum atomic E-state index is 8.74. The lowest BCUT2D eigenvalue weighted by molar-refractivity contribution is 0.258. The van der Waals surface area contributed by atoms with E-state index in [9.17, 15) is 0 Å². The van der Waals surface area contributed by atoms with Crippen molar-refractivity contribution >= 4 is 0 Å². The van der Waals surface area contributed by atoms with Crippen LogP contribution in [0.25, 0.3) is 0 Å². The van der Waals surface area contributed by atoms with Crippen LogP contribution in [-0.4, -0.2) is 28.5 Å². The van der Waals surface area contributed by atoms with Gasteiger partial charge < -0.3 is 10.4 Å². The van der Waals surface area contributed by atoms with Crippen LogP contribution in [0.15, 0.2) is 12.3 Å². The molecule has 4 heteroatoms. The summed E-state index contributed by atoms with van der Waals surface area (Å²) in [7, 11) is 0. The molecule has 0 saturated heterocycles. The van der Waals surface area contributed by atoms with Gasteiger partial charge in [0.05, 0.1) is 5.69 Å². The predicted molar refractivity (Wildman–Crippen MR) is 55.9 cm³/mol. The summed E-state index contributed by atoms with van der Waals surface area (Å²) in [4.78, 5) is 0. The molecule has 0 aliphatic heterocycles. The molecule has 0 bridgehead atoms. The van der Waals surface area contributed by atoms with Crippen LogP contribution in [0.2, 0.25) is 0 Å². The first-order valence-electron chi connectivity index (χ1n) is 5.07. The number of aliphatic hydroxyl groups excluding tert-OH is 1. The molecule has 0 radical (unpaired) electrons. The van der Waals surface area contributed by atoms with Gasteiger partial charge in [-0.15, -0.1) is 0 Å². The van der Waals surface area contributed by atoms with Gasteiger partial charge in [-0.25, -0.2) is 0 Å². The highest BCUT2D eigenvalue weighted by Gasteiger charge is 2.07. The quantitative estimate of drug-likeness (QED) is 0.639. The van der Waals surface area contributed by atoms with Gasteiger partial charge in [0, 0.05) is 18.8 Å². The molecule has 1 heterocycles. The van der Waals surface area contributed by atoms with Crippen LogP contribution >= 0.6 is 0 Å². The molecule has 4 nitrogen and oxygen atoms in total. The summed E-state index contributed by atoms with van der Waals surface area (Å²) >= 11 is 0. The van der Waals surface area contributed by atoms with E-state index in [-0.39, 0.29) is 6.61 Å². The average molecular weight is 197 g/mol. The average Bonchev–Trinajstić information content (AvgIpc) is 2.67. The lowest BCUT2D eigenvalue weighted by Gasteiger charge is -2.15. The summed E-state index contributed by atoms with van der Waals surface area (Å²) in [5.74, 6) is 0.505. The lowest BCUT2D eigenvalue weighted by atomic mass is 10.1. The van der Waals surface area contributed by atoms with E-state index in [1.807, 2.05) is 6.07 Å². The fourth-order valence-electron chi connectivity index (χ4n) is 1.32. The first-order chi connectivity index (χ1) is 6.74. The molecule has 1 rings (SSSR count). The molecule has 0 aromatic carbocycles. The van der Waals surface area contributed by atoms with Gasteiger partial charge in [-0.3, -0.25) is 5.10 Å². The highest BCUT2D eigenvalue weighted by atomic mass is 16.3. The Morgan fingerprint density at radius 3 is 2.93 bits per heavy atom. The van der Waals surface area contributed by atoms with Gasteiger partial charge >= 0.3 is 0 Å². The second-order valence-electron chi connectivity index (χ2n) is 3.76. The summed E-state index contributed by atoms with van der Waals surface area (Å²) in [6, 6.07) is 2.26. The highest BCUT2D eigenvalue weighted by Crippen LogP contribution is 2.08. The van der Waals surface area contributed by atoms with Crippen LogP contribution in [0, 0.1) is 5.92 Å². The Labute approximate surface area is 84.7 Å². The molecule has 0 saturated carbocycles. The smallest absolute Gasteiger partial charge is 0.0518 e. The van der Waals surface area contributed by atoms with Gasteiger partial charge in [0.2, 0.25) is 0 Å². The minimum atomic E-state index is 0.265. The maximum Gasteiger partial charge on any atom is 0.0518 e. The Hall–Kier alpha value is -0.870. The standard InChI is InChI=1S/C10H19N3O/c1-8(4-6-14)7-11-9(2)10-3-5-12-13-10/h3,5,8-9,11,14H,4,6-7H2,1-2H3,(H,12,13). The number of hydrogen-bond acceptors (Lipinski definition) is 3. The molecule has 0 fully saturated rings. The van der Waals surface area contributed by atoms with Gasteiger partial charge in [0.1, 0.15) is 0 Å². The van der Waals surface area contributed by atoms with E-state index >= 15 is 0 Å². The number of aromatic amines is 1. The van der Waals surface area contributed by atoms with E-state index in [4.69, 9.17) is 5.11 Å². The van der Waals surface area contributed by atoms with Gasteiger partial charge in [-0.2, -0.15) is 5.10 Å². The van der Waals surface area contributed by atoms with Crippen LogP contribution in [0.4, 0.5) is 0 Å². The molecule has 80 valence electrons. The van der Waals surface area contributed by atoms with E-state index in [0.717, 1.165) is 18.7 Å². The van der Waals surface area contributed by atoms with Crippen molar-refractivity contribution in [3.8, 4) is 0 Å². The Bertz CT molecular complexity index is 236. The van der Waals surface area contributed by atoms with Gasteiger partial charge in [-0.1, -0.05) is 6.92 Å². The third-order valence-electron chi connectivity index (χ3n) is 2.38. The molecule has 2 unspecified atom stereocenters. The van der Waals surface area contributed by atoms with Crippen LogP contribution in [-0.2, 0) is 0 Å². The second kappa shape index (κ2) is 5.78. The van der Waals surface area contributed by atoms with Crippen molar-refractivity contribution in [3.63, 3.8) is 0 Å². The van der Waals surface area contributed by atoms with Crippen LogP contribution in [0.5, 0.6) is 0 Å². The Morgan fingerprint density at radius 1 is 1.57 bits per heavy atom. The fourth-order valence-corrected chi connectivity index (χ4v) is 1.32. The largest absolute Gasteiger partial charge is 0.396 e. The summed E-state index contributed by atoms with van der Waals surface area (Å²) in [6.45, 7) is 5.41. The minimum absolute atomic E-state index is 0.265. The molecule has 1 aromatic rings. The SMILES string of the molecule is CC(CCO)CNC(C)c1ccn[nH]1. The Balaban J connectivity index is 2.24.